The van der Waals surface area contributed by atoms with Crippen LogP contribution in [-0.4, -0.2) is 46.0 Å². The first-order valence-corrected chi connectivity index (χ1v) is 9.80. The summed E-state index contributed by atoms with van der Waals surface area (Å²) in [6.07, 6.45) is -4.52. The van der Waals surface area contributed by atoms with Gasteiger partial charge in [-0.2, -0.15) is 17.7 Å². The van der Waals surface area contributed by atoms with E-state index in [4.69, 9.17) is 9.47 Å². The van der Waals surface area contributed by atoms with Gasteiger partial charge in [-0.3, -0.25) is 4.79 Å². The summed E-state index contributed by atoms with van der Waals surface area (Å²) < 4.78 is 50.8. The second kappa shape index (κ2) is 9.15. The van der Waals surface area contributed by atoms with Crippen LogP contribution in [0.15, 0.2) is 60.7 Å². The van der Waals surface area contributed by atoms with Crippen LogP contribution in [0, 0.1) is 0 Å². The maximum absolute atomic E-state index is 12.8. The highest BCUT2D eigenvalue weighted by molar-refractivity contribution is 5.94. The second-order valence-corrected chi connectivity index (χ2v) is 6.88. The highest BCUT2D eigenvalue weighted by atomic mass is 19.4. The van der Waals surface area contributed by atoms with Crippen LogP contribution < -0.4 is 14.8 Å². The van der Waals surface area contributed by atoms with Crippen molar-refractivity contribution in [3.05, 3.63) is 71.8 Å². The quantitative estimate of drug-likeness (QED) is 0.427. The third kappa shape index (κ3) is 5.03. The number of rotatable bonds is 7. The number of ether oxygens (including phenoxy) is 2. The Kier molecular flexibility index (Phi) is 6.11. The van der Waals surface area contributed by atoms with Crippen molar-refractivity contribution in [3.8, 4) is 23.0 Å². The van der Waals surface area contributed by atoms with E-state index in [2.05, 4.69) is 20.6 Å². The van der Waals surface area contributed by atoms with Gasteiger partial charge in [0.1, 0.15) is 12.4 Å². The Balaban J connectivity index is 1.39. The lowest BCUT2D eigenvalue weighted by atomic mass is 10.1. The molecule has 0 bridgehead atoms. The molecule has 0 unspecified atom stereocenters. The van der Waals surface area contributed by atoms with Crippen molar-refractivity contribution in [2.24, 2.45) is 0 Å². The molecule has 4 rings (SSSR count). The van der Waals surface area contributed by atoms with Crippen molar-refractivity contribution < 1.29 is 27.4 Å². The predicted molar refractivity (Wildman–Crippen MR) is 112 cm³/mol. The summed E-state index contributed by atoms with van der Waals surface area (Å²) in [6.45, 7) is 0.125. The van der Waals surface area contributed by atoms with Crippen molar-refractivity contribution in [3.63, 3.8) is 0 Å². The van der Waals surface area contributed by atoms with Gasteiger partial charge >= 0.3 is 6.18 Å². The van der Waals surface area contributed by atoms with Crippen LogP contribution in [0.5, 0.6) is 11.6 Å². The van der Waals surface area contributed by atoms with E-state index in [1.165, 1.54) is 16.6 Å². The fraction of sp³-hybridized carbons (Fsp3) is 0.182. The minimum absolute atomic E-state index is 0.0554. The molecule has 11 heteroatoms. The number of carbonyl (C=O) groups is 1. The number of nitrogens with one attached hydrogen (secondary N) is 1. The molecule has 2 aromatic carbocycles. The van der Waals surface area contributed by atoms with Crippen molar-refractivity contribution in [2.45, 2.75) is 6.18 Å². The lowest BCUT2D eigenvalue weighted by molar-refractivity contribution is -0.137. The molecule has 1 amide bonds. The summed E-state index contributed by atoms with van der Waals surface area (Å²) in [4.78, 5) is 12.1. The smallest absolute Gasteiger partial charge is 0.416 e. The monoisotopic (exact) mass is 457 g/mol. The number of methoxy groups -OCH3 is 1. The molecule has 33 heavy (non-hydrogen) atoms. The number of fused-ring (bicyclic) bond motifs is 1. The number of amides is 1. The summed E-state index contributed by atoms with van der Waals surface area (Å²) in [6, 6.07) is 14.8. The molecule has 0 spiro atoms. The fourth-order valence-corrected chi connectivity index (χ4v) is 3.05. The SMILES string of the molecule is COc1cccc(-c2nnc3ccc(OCCNC(=O)c4cccc(C(F)(F)F)c4)nn23)c1. The molecule has 0 fully saturated rings. The van der Waals surface area contributed by atoms with Gasteiger partial charge in [-0.05, 0) is 36.4 Å². The zero-order valence-electron chi connectivity index (χ0n) is 17.3. The van der Waals surface area contributed by atoms with Crippen LogP contribution >= 0.6 is 0 Å². The molecule has 0 radical (unpaired) electrons. The van der Waals surface area contributed by atoms with E-state index in [-0.39, 0.29) is 24.6 Å². The number of aromatic nitrogens is 4. The minimum Gasteiger partial charge on any atom is -0.497 e. The highest BCUT2D eigenvalue weighted by Crippen LogP contribution is 2.29. The van der Waals surface area contributed by atoms with Crippen molar-refractivity contribution in [1.82, 2.24) is 25.1 Å². The average Bonchev–Trinajstić information content (AvgIpc) is 3.24. The normalized spacial score (nSPS) is 11.4. The molecule has 4 aromatic rings. The maximum atomic E-state index is 12.8. The average molecular weight is 457 g/mol. The van der Waals surface area contributed by atoms with Crippen molar-refractivity contribution in [2.75, 3.05) is 20.3 Å². The van der Waals surface area contributed by atoms with Crippen LogP contribution in [-0.2, 0) is 6.18 Å². The number of nitrogens with zero attached hydrogens (tertiary/aromatic N) is 4. The fourth-order valence-electron chi connectivity index (χ4n) is 3.05. The van der Waals surface area contributed by atoms with Crippen LogP contribution in [0.25, 0.3) is 17.0 Å². The van der Waals surface area contributed by atoms with E-state index in [9.17, 15) is 18.0 Å². The topological polar surface area (TPSA) is 90.6 Å². The molecule has 8 nitrogen and oxygen atoms in total. The zero-order chi connectivity index (χ0) is 23.4. The number of hydrogen-bond acceptors (Lipinski definition) is 6. The van der Waals surface area contributed by atoms with E-state index in [0.29, 0.717) is 17.2 Å². The van der Waals surface area contributed by atoms with Crippen molar-refractivity contribution in [1.29, 1.82) is 0 Å². The number of hydrogen-bond donors (Lipinski definition) is 1. The molecule has 2 heterocycles. The van der Waals surface area contributed by atoms with Gasteiger partial charge in [0, 0.05) is 17.2 Å². The summed E-state index contributed by atoms with van der Waals surface area (Å²) in [7, 11) is 1.57. The van der Waals surface area contributed by atoms with Gasteiger partial charge in [0.25, 0.3) is 5.91 Å². The molecule has 1 N–H and O–H groups in total. The molecule has 0 atom stereocenters. The molecule has 0 aliphatic rings. The Morgan fingerprint density at radius 2 is 1.88 bits per heavy atom. The first-order valence-electron chi connectivity index (χ1n) is 9.80. The van der Waals surface area contributed by atoms with Crippen molar-refractivity contribution >= 4 is 11.6 Å². The third-order valence-corrected chi connectivity index (χ3v) is 4.66. The van der Waals surface area contributed by atoms with Crippen LogP contribution in [0.3, 0.4) is 0 Å². The summed E-state index contributed by atoms with van der Waals surface area (Å²) in [5, 5.41) is 15.1. The van der Waals surface area contributed by atoms with E-state index in [1.54, 1.807) is 25.3 Å². The van der Waals surface area contributed by atoms with Gasteiger partial charge in [0.2, 0.25) is 5.88 Å². The lowest BCUT2D eigenvalue weighted by Crippen LogP contribution is -2.28. The Morgan fingerprint density at radius 1 is 1.06 bits per heavy atom. The van der Waals surface area contributed by atoms with Crippen LogP contribution in [0.2, 0.25) is 0 Å². The van der Waals surface area contributed by atoms with E-state index < -0.39 is 17.6 Å². The van der Waals surface area contributed by atoms with Gasteiger partial charge in [0.05, 0.1) is 19.2 Å². The Bertz CT molecular complexity index is 1290. The lowest BCUT2D eigenvalue weighted by Gasteiger charge is -2.10. The largest absolute Gasteiger partial charge is 0.497 e. The molecular weight excluding hydrogens is 439 g/mol. The Morgan fingerprint density at radius 3 is 2.67 bits per heavy atom. The van der Waals surface area contributed by atoms with Gasteiger partial charge in [0.15, 0.2) is 11.5 Å². The maximum Gasteiger partial charge on any atom is 0.416 e. The molecule has 0 saturated carbocycles. The number of benzene rings is 2. The standard InChI is InChI=1S/C22H18F3N5O3/c1-32-17-7-3-4-14(13-17)20-28-27-18-8-9-19(29-30(18)20)33-11-10-26-21(31)15-5-2-6-16(12-15)22(23,24)25/h2-9,12-13H,10-11H2,1H3,(H,26,31). The second-order valence-electron chi connectivity index (χ2n) is 6.88. The molecule has 2 aromatic heterocycles. The van der Waals surface area contributed by atoms with E-state index >= 15 is 0 Å². The summed E-state index contributed by atoms with van der Waals surface area (Å²) in [5.41, 5.74) is 0.291. The number of carbonyl (C=O) groups excluding carboxylic acids is 1. The van der Waals surface area contributed by atoms with Crippen LogP contribution in [0.1, 0.15) is 15.9 Å². The van der Waals surface area contributed by atoms with Gasteiger partial charge < -0.3 is 14.8 Å². The minimum atomic E-state index is -4.52. The third-order valence-electron chi connectivity index (χ3n) is 4.66. The summed E-state index contributed by atoms with van der Waals surface area (Å²) >= 11 is 0. The molecule has 170 valence electrons. The predicted octanol–water partition coefficient (Wildman–Crippen LogP) is 3.63. The first-order chi connectivity index (χ1) is 15.8. The number of halogens is 3. The molecule has 0 aliphatic carbocycles. The van der Waals surface area contributed by atoms with Gasteiger partial charge in [-0.1, -0.05) is 18.2 Å². The summed E-state index contributed by atoms with van der Waals surface area (Å²) in [5.74, 6) is 0.785. The highest BCUT2D eigenvalue weighted by Gasteiger charge is 2.30. The number of alkyl halides is 3. The molecular formula is C22H18F3N5O3. The Labute approximate surface area is 186 Å². The molecule has 0 saturated heterocycles. The van der Waals surface area contributed by atoms with E-state index in [0.717, 1.165) is 17.7 Å². The van der Waals surface area contributed by atoms with Crippen LogP contribution in [0.4, 0.5) is 13.2 Å². The van der Waals surface area contributed by atoms with E-state index in [1.807, 2.05) is 18.2 Å². The van der Waals surface area contributed by atoms with Gasteiger partial charge in [-0.15, -0.1) is 15.3 Å². The first kappa shape index (κ1) is 22.1. The molecule has 0 aliphatic heterocycles. The van der Waals surface area contributed by atoms with Gasteiger partial charge in [-0.25, -0.2) is 0 Å². The zero-order valence-corrected chi connectivity index (χ0v) is 17.3. The Hall–Kier alpha value is -4.15.